The first kappa shape index (κ1) is 23.3. The van der Waals surface area contributed by atoms with Crippen LogP contribution < -0.4 is 14.8 Å². The fourth-order valence-electron chi connectivity index (χ4n) is 2.34. The van der Waals surface area contributed by atoms with Crippen LogP contribution in [0.3, 0.4) is 0 Å². The normalized spacial score (nSPS) is 11.3. The zero-order valence-corrected chi connectivity index (χ0v) is 19.4. The Hall–Kier alpha value is -3.36. The van der Waals surface area contributed by atoms with Gasteiger partial charge in [-0.1, -0.05) is 11.3 Å². The number of carbonyl (C=O) groups is 1. The standard InChI is InChI=1S/C18H14BrN5O6S2/c1-30-18-17(20-10-14(19)22-18)23-32(28,29)13-6-2-11(3-7-13)21-15(25)8-4-12-5-9-16(31-12)24(26)27/h2-10H,1H3,(H,20,23)(H,21,25)/b8-4+. The van der Waals surface area contributed by atoms with E-state index in [0.717, 1.165) is 11.3 Å². The van der Waals surface area contributed by atoms with E-state index in [1.807, 2.05) is 0 Å². The molecule has 0 saturated carbocycles. The molecule has 3 rings (SSSR count). The number of hydrogen-bond donors (Lipinski definition) is 2. The second kappa shape index (κ2) is 9.84. The maximum Gasteiger partial charge on any atom is 0.324 e. The maximum absolute atomic E-state index is 12.6. The number of methoxy groups -OCH3 is 1. The van der Waals surface area contributed by atoms with Crippen molar-refractivity contribution in [3.63, 3.8) is 0 Å². The highest BCUT2D eigenvalue weighted by atomic mass is 79.9. The van der Waals surface area contributed by atoms with Gasteiger partial charge in [0.25, 0.3) is 15.9 Å². The van der Waals surface area contributed by atoms with Crippen molar-refractivity contribution in [3.05, 3.63) is 68.3 Å². The number of hydrogen-bond acceptors (Lipinski definition) is 9. The molecule has 0 unspecified atom stereocenters. The third-order valence-corrected chi connectivity index (χ3v) is 6.50. The second-order valence-corrected chi connectivity index (χ2v) is 9.52. The van der Waals surface area contributed by atoms with Gasteiger partial charge >= 0.3 is 5.00 Å². The summed E-state index contributed by atoms with van der Waals surface area (Å²) in [6, 6.07) is 8.34. The quantitative estimate of drug-likeness (QED) is 0.249. The van der Waals surface area contributed by atoms with Gasteiger partial charge in [-0.3, -0.25) is 19.6 Å². The van der Waals surface area contributed by atoms with Gasteiger partial charge in [0.2, 0.25) is 11.7 Å². The van der Waals surface area contributed by atoms with Crippen molar-refractivity contribution in [1.82, 2.24) is 9.97 Å². The molecule has 1 aromatic carbocycles. The monoisotopic (exact) mass is 539 g/mol. The molecule has 166 valence electrons. The fourth-order valence-corrected chi connectivity index (χ4v) is 4.33. The lowest BCUT2D eigenvalue weighted by Crippen LogP contribution is -2.15. The van der Waals surface area contributed by atoms with E-state index in [4.69, 9.17) is 4.74 Å². The summed E-state index contributed by atoms with van der Waals surface area (Å²) in [6.07, 6.45) is 3.99. The van der Waals surface area contributed by atoms with Crippen LogP contribution in [0.15, 0.2) is 58.2 Å². The molecule has 0 aliphatic heterocycles. The molecule has 2 N–H and O–H groups in total. The summed E-state index contributed by atoms with van der Waals surface area (Å²) in [5.41, 5.74) is 0.358. The van der Waals surface area contributed by atoms with E-state index in [0.29, 0.717) is 15.2 Å². The molecule has 14 heteroatoms. The van der Waals surface area contributed by atoms with Gasteiger partial charge in [-0.25, -0.2) is 18.4 Å². The number of ether oxygens (including phenoxy) is 1. The number of anilines is 2. The lowest BCUT2D eigenvalue weighted by Gasteiger charge is -2.10. The molecule has 0 aliphatic carbocycles. The molecular weight excluding hydrogens is 526 g/mol. The molecule has 0 bridgehead atoms. The highest BCUT2D eigenvalue weighted by Gasteiger charge is 2.18. The lowest BCUT2D eigenvalue weighted by molar-refractivity contribution is -0.380. The summed E-state index contributed by atoms with van der Waals surface area (Å²) < 4.78 is 32.9. The van der Waals surface area contributed by atoms with E-state index < -0.39 is 20.9 Å². The highest BCUT2D eigenvalue weighted by molar-refractivity contribution is 9.10. The first-order valence-electron chi connectivity index (χ1n) is 8.60. The minimum atomic E-state index is -3.98. The number of thiophene rings is 1. The van der Waals surface area contributed by atoms with Gasteiger partial charge in [0, 0.05) is 22.7 Å². The van der Waals surface area contributed by atoms with Crippen LogP contribution in [0.4, 0.5) is 16.5 Å². The van der Waals surface area contributed by atoms with Crippen LogP contribution in [-0.4, -0.2) is 36.3 Å². The summed E-state index contributed by atoms with van der Waals surface area (Å²) in [7, 11) is -2.65. The number of nitro groups is 1. The van der Waals surface area contributed by atoms with Gasteiger partial charge in [-0.2, -0.15) is 0 Å². The van der Waals surface area contributed by atoms with Crippen molar-refractivity contribution in [3.8, 4) is 5.88 Å². The minimum absolute atomic E-state index is 0.00491. The van der Waals surface area contributed by atoms with E-state index in [9.17, 15) is 23.3 Å². The van der Waals surface area contributed by atoms with E-state index >= 15 is 0 Å². The Labute approximate surface area is 194 Å². The van der Waals surface area contributed by atoms with Crippen LogP contribution in [0.5, 0.6) is 5.88 Å². The van der Waals surface area contributed by atoms with Crippen LogP contribution in [0.25, 0.3) is 6.08 Å². The topological polar surface area (TPSA) is 153 Å². The molecule has 2 aromatic heterocycles. The smallest absolute Gasteiger partial charge is 0.324 e. The first-order valence-corrected chi connectivity index (χ1v) is 11.7. The summed E-state index contributed by atoms with van der Waals surface area (Å²) in [5.74, 6) is -0.564. The SMILES string of the molecule is COc1nc(Br)cnc1NS(=O)(=O)c1ccc(NC(=O)/C=C/c2ccc([N+](=O)[O-])s2)cc1. The summed E-state index contributed by atoms with van der Waals surface area (Å²) in [5, 5.41) is 13.2. The van der Waals surface area contributed by atoms with E-state index in [1.54, 1.807) is 0 Å². The van der Waals surface area contributed by atoms with Crippen molar-refractivity contribution in [2.75, 3.05) is 17.1 Å². The number of sulfonamides is 1. The maximum atomic E-state index is 12.6. The highest BCUT2D eigenvalue weighted by Crippen LogP contribution is 2.26. The second-order valence-electron chi connectivity index (χ2n) is 5.94. The van der Waals surface area contributed by atoms with Gasteiger partial charge < -0.3 is 10.1 Å². The Morgan fingerprint density at radius 3 is 2.59 bits per heavy atom. The molecule has 1 amide bonds. The van der Waals surface area contributed by atoms with Crippen LogP contribution in [0.2, 0.25) is 0 Å². The number of carbonyl (C=O) groups excluding carboxylic acids is 1. The number of benzene rings is 1. The van der Waals surface area contributed by atoms with Gasteiger partial charge in [-0.05, 0) is 52.3 Å². The zero-order valence-electron chi connectivity index (χ0n) is 16.2. The number of halogens is 1. The summed E-state index contributed by atoms with van der Waals surface area (Å²) in [6.45, 7) is 0. The molecule has 0 saturated heterocycles. The number of aromatic nitrogens is 2. The van der Waals surface area contributed by atoms with Crippen molar-refractivity contribution in [2.45, 2.75) is 4.90 Å². The number of nitrogens with one attached hydrogen (secondary N) is 2. The molecule has 11 nitrogen and oxygen atoms in total. The Kier molecular flexibility index (Phi) is 7.17. The molecule has 2 heterocycles. The van der Waals surface area contributed by atoms with Crippen molar-refractivity contribution in [2.24, 2.45) is 0 Å². The molecule has 0 spiro atoms. The number of nitrogens with zero attached hydrogens (tertiary/aromatic N) is 3. The Morgan fingerprint density at radius 2 is 1.97 bits per heavy atom. The molecule has 0 aliphatic rings. The Morgan fingerprint density at radius 1 is 1.25 bits per heavy atom. The van der Waals surface area contributed by atoms with Crippen molar-refractivity contribution >= 4 is 65.8 Å². The summed E-state index contributed by atoms with van der Waals surface area (Å²) >= 11 is 4.06. The van der Waals surface area contributed by atoms with E-state index in [1.165, 1.54) is 61.9 Å². The van der Waals surface area contributed by atoms with Crippen molar-refractivity contribution < 1.29 is 22.9 Å². The molecule has 3 aromatic rings. The molecule has 32 heavy (non-hydrogen) atoms. The van der Waals surface area contributed by atoms with Crippen LogP contribution >= 0.6 is 27.3 Å². The Bertz CT molecular complexity index is 1290. The third-order valence-electron chi connectivity index (χ3n) is 3.76. The van der Waals surface area contributed by atoms with E-state index in [2.05, 4.69) is 35.9 Å². The first-order chi connectivity index (χ1) is 15.2. The number of amides is 1. The molecular formula is C18H14BrN5O6S2. The van der Waals surface area contributed by atoms with Gasteiger partial charge in [-0.15, -0.1) is 0 Å². The largest absolute Gasteiger partial charge is 0.478 e. The fraction of sp³-hybridized carbons (Fsp3) is 0.0556. The molecule has 0 radical (unpaired) electrons. The molecule has 0 fully saturated rings. The van der Waals surface area contributed by atoms with Crippen LogP contribution in [0.1, 0.15) is 4.88 Å². The predicted molar refractivity (Wildman–Crippen MR) is 122 cm³/mol. The third kappa shape index (κ3) is 5.87. The average Bonchev–Trinajstić information content (AvgIpc) is 3.23. The zero-order chi connectivity index (χ0) is 23.3. The predicted octanol–water partition coefficient (Wildman–Crippen LogP) is 3.67. The van der Waals surface area contributed by atoms with Gasteiger partial charge in [0.15, 0.2) is 0 Å². The molecule has 0 atom stereocenters. The van der Waals surface area contributed by atoms with Crippen LogP contribution in [-0.2, 0) is 14.8 Å². The van der Waals surface area contributed by atoms with Gasteiger partial charge in [0.05, 0.1) is 23.1 Å². The minimum Gasteiger partial charge on any atom is -0.478 e. The van der Waals surface area contributed by atoms with E-state index in [-0.39, 0.29) is 21.6 Å². The van der Waals surface area contributed by atoms with Gasteiger partial charge in [0.1, 0.15) is 4.60 Å². The summed E-state index contributed by atoms with van der Waals surface area (Å²) in [4.78, 5) is 30.7. The Balaban J connectivity index is 1.66. The number of rotatable bonds is 8. The van der Waals surface area contributed by atoms with Crippen molar-refractivity contribution in [1.29, 1.82) is 0 Å². The lowest BCUT2D eigenvalue weighted by atomic mass is 10.3. The average molecular weight is 540 g/mol. The van der Waals surface area contributed by atoms with Crippen LogP contribution in [0, 0.1) is 10.1 Å².